The van der Waals surface area contributed by atoms with Crippen molar-refractivity contribution in [3.8, 4) is 28.7 Å². The highest BCUT2D eigenvalue weighted by Crippen LogP contribution is 2.34. The van der Waals surface area contributed by atoms with Crippen LogP contribution in [0.1, 0.15) is 44.6 Å². The Kier molecular flexibility index (Phi) is 9.12. The number of rotatable bonds is 10. The molecule has 0 unspecified atom stereocenters. The predicted octanol–water partition coefficient (Wildman–Crippen LogP) is 4.68. The lowest BCUT2D eigenvalue weighted by Crippen LogP contribution is -2.46. The van der Waals surface area contributed by atoms with Crippen molar-refractivity contribution < 1.29 is 9.47 Å². The zero-order valence-corrected chi connectivity index (χ0v) is 25.3. The van der Waals surface area contributed by atoms with E-state index < -0.39 is 0 Å². The van der Waals surface area contributed by atoms with Crippen LogP contribution < -0.4 is 19.7 Å². The maximum absolute atomic E-state index is 9.60. The fraction of sp³-hybridized carbons (Fsp3) is 0.438. The fourth-order valence-corrected chi connectivity index (χ4v) is 6.09. The van der Waals surface area contributed by atoms with Crippen LogP contribution in [0, 0.1) is 11.3 Å². The molecule has 228 valence electrons. The van der Waals surface area contributed by atoms with E-state index in [2.05, 4.69) is 58.8 Å². The van der Waals surface area contributed by atoms with Gasteiger partial charge in [-0.05, 0) is 86.0 Å². The lowest BCUT2D eigenvalue weighted by molar-refractivity contribution is 0.141. The number of tetrazole rings is 1. The van der Waals surface area contributed by atoms with Crippen LogP contribution in [-0.4, -0.2) is 80.5 Å². The zero-order chi connectivity index (χ0) is 30.3. The van der Waals surface area contributed by atoms with Crippen molar-refractivity contribution in [3.63, 3.8) is 0 Å². The first kappa shape index (κ1) is 29.3. The fourth-order valence-electron chi connectivity index (χ4n) is 6.09. The van der Waals surface area contributed by atoms with Gasteiger partial charge in [0.15, 0.2) is 0 Å². The predicted molar refractivity (Wildman–Crippen MR) is 167 cm³/mol. The second kappa shape index (κ2) is 13.7. The number of hydrogen-bond donors (Lipinski definition) is 1. The summed E-state index contributed by atoms with van der Waals surface area (Å²) in [7, 11) is 1.69. The van der Waals surface area contributed by atoms with Crippen LogP contribution in [0.3, 0.4) is 0 Å². The number of anilines is 3. The van der Waals surface area contributed by atoms with Crippen LogP contribution in [-0.2, 0) is 6.54 Å². The van der Waals surface area contributed by atoms with Crippen LogP contribution in [0.4, 0.5) is 17.3 Å². The molecule has 4 aromatic rings. The molecule has 2 aliphatic heterocycles. The number of hydrogen-bond acceptors (Lipinski definition) is 11. The molecule has 2 aliphatic rings. The molecular formula is C32H38N10O2. The summed E-state index contributed by atoms with van der Waals surface area (Å²) < 4.78 is 13.4. The van der Waals surface area contributed by atoms with Crippen molar-refractivity contribution in [3.05, 3.63) is 60.7 Å². The summed E-state index contributed by atoms with van der Waals surface area (Å²) in [4.78, 5) is 14.3. The number of nitriles is 1. The molecule has 0 radical (unpaired) electrons. The van der Waals surface area contributed by atoms with Gasteiger partial charge in [-0.15, -0.1) is 5.10 Å². The third-order valence-corrected chi connectivity index (χ3v) is 8.42. The van der Waals surface area contributed by atoms with Crippen LogP contribution in [0.5, 0.6) is 11.5 Å². The molecule has 0 aliphatic carbocycles. The molecule has 4 heterocycles. The molecule has 2 saturated heterocycles. The standard InChI is InChI=1S/C32H38N10O2/c1-23(21-42-22-36-38-39-42)44-30-16-24(6-7-25(30)18-33)26-19-34-32(35-20-26)37-29-9-8-28(17-31(29)43-2)41-14-10-27(11-15-41)40-12-4-3-5-13-40/h6-9,16-17,19-20,22-23,27H,3-5,10-15,21H2,1-2H3,(H,34,35,37)/t23-/m0/s1. The molecular weight excluding hydrogens is 556 g/mol. The number of aromatic nitrogens is 6. The monoisotopic (exact) mass is 594 g/mol. The highest BCUT2D eigenvalue weighted by atomic mass is 16.5. The Labute approximate surface area is 257 Å². The summed E-state index contributed by atoms with van der Waals surface area (Å²) in [5, 5.41) is 24.1. The zero-order valence-electron chi connectivity index (χ0n) is 25.3. The molecule has 0 bridgehead atoms. The van der Waals surface area contributed by atoms with Gasteiger partial charge in [-0.2, -0.15) is 5.26 Å². The second-order valence-corrected chi connectivity index (χ2v) is 11.4. The van der Waals surface area contributed by atoms with Crippen molar-refractivity contribution in [2.75, 3.05) is 43.5 Å². The smallest absolute Gasteiger partial charge is 0.227 e. The van der Waals surface area contributed by atoms with E-state index in [4.69, 9.17) is 9.47 Å². The van der Waals surface area contributed by atoms with Crippen LogP contribution >= 0.6 is 0 Å². The minimum absolute atomic E-state index is 0.253. The lowest BCUT2D eigenvalue weighted by Gasteiger charge is -2.41. The summed E-state index contributed by atoms with van der Waals surface area (Å²) in [5.74, 6) is 1.69. The molecule has 2 aromatic carbocycles. The molecule has 0 spiro atoms. The maximum atomic E-state index is 9.60. The second-order valence-electron chi connectivity index (χ2n) is 11.4. The quantitative estimate of drug-likeness (QED) is 0.275. The average Bonchev–Trinajstić information content (AvgIpc) is 3.58. The minimum Gasteiger partial charge on any atom is -0.494 e. The van der Waals surface area contributed by atoms with Crippen molar-refractivity contribution in [1.82, 2.24) is 35.1 Å². The average molecular weight is 595 g/mol. The molecule has 2 fully saturated rings. The Morgan fingerprint density at radius 1 is 0.977 bits per heavy atom. The Morgan fingerprint density at radius 3 is 2.48 bits per heavy atom. The minimum atomic E-state index is -0.253. The summed E-state index contributed by atoms with van der Waals surface area (Å²) in [6.45, 7) is 6.98. The molecule has 12 heteroatoms. The highest BCUT2D eigenvalue weighted by Gasteiger charge is 2.26. The summed E-state index contributed by atoms with van der Waals surface area (Å²) in [6, 6.07) is 14.6. The van der Waals surface area contributed by atoms with Gasteiger partial charge in [0.25, 0.3) is 0 Å². The van der Waals surface area contributed by atoms with Gasteiger partial charge in [0, 0.05) is 48.8 Å². The third kappa shape index (κ3) is 6.89. The van der Waals surface area contributed by atoms with Gasteiger partial charge in [0.1, 0.15) is 30.0 Å². The normalized spacial score (nSPS) is 16.7. The van der Waals surface area contributed by atoms with Gasteiger partial charge in [-0.3, -0.25) is 0 Å². The van der Waals surface area contributed by atoms with E-state index in [0.717, 1.165) is 35.7 Å². The van der Waals surface area contributed by atoms with Crippen LogP contribution in [0.2, 0.25) is 0 Å². The summed E-state index contributed by atoms with van der Waals surface area (Å²) in [6.07, 6.45) is 11.2. The molecule has 44 heavy (non-hydrogen) atoms. The molecule has 1 N–H and O–H groups in total. The van der Waals surface area contributed by atoms with Crippen molar-refractivity contribution in [1.29, 1.82) is 5.26 Å². The molecule has 6 rings (SSSR count). The van der Waals surface area contributed by atoms with E-state index in [1.807, 2.05) is 25.1 Å². The van der Waals surface area contributed by atoms with Gasteiger partial charge in [0.05, 0.1) is 24.9 Å². The van der Waals surface area contributed by atoms with Crippen molar-refractivity contribution >= 4 is 17.3 Å². The molecule has 0 amide bonds. The van der Waals surface area contributed by atoms with Crippen LogP contribution in [0.15, 0.2) is 55.1 Å². The Morgan fingerprint density at radius 2 is 1.77 bits per heavy atom. The number of nitrogens with one attached hydrogen (secondary N) is 1. The molecule has 1 atom stereocenters. The van der Waals surface area contributed by atoms with E-state index >= 15 is 0 Å². The van der Waals surface area contributed by atoms with E-state index in [0.29, 0.717) is 29.8 Å². The van der Waals surface area contributed by atoms with E-state index in [-0.39, 0.29) is 6.10 Å². The first-order chi connectivity index (χ1) is 21.6. The number of nitrogens with zero attached hydrogens (tertiary/aromatic N) is 9. The van der Waals surface area contributed by atoms with E-state index in [1.165, 1.54) is 57.2 Å². The summed E-state index contributed by atoms with van der Waals surface area (Å²) in [5.41, 5.74) is 4.06. The summed E-state index contributed by atoms with van der Waals surface area (Å²) >= 11 is 0. The Bertz CT molecular complexity index is 1560. The lowest BCUT2D eigenvalue weighted by atomic mass is 9.99. The van der Waals surface area contributed by atoms with Gasteiger partial charge in [-0.1, -0.05) is 12.5 Å². The first-order valence-corrected chi connectivity index (χ1v) is 15.3. The van der Waals surface area contributed by atoms with Gasteiger partial charge in [0.2, 0.25) is 5.95 Å². The molecule has 12 nitrogen and oxygen atoms in total. The van der Waals surface area contributed by atoms with Gasteiger partial charge in [-0.25, -0.2) is 14.6 Å². The molecule has 0 saturated carbocycles. The Balaban J connectivity index is 1.10. The topological polar surface area (TPSA) is 130 Å². The van der Waals surface area contributed by atoms with E-state index in [1.54, 1.807) is 30.3 Å². The van der Waals surface area contributed by atoms with Gasteiger partial charge >= 0.3 is 0 Å². The number of methoxy groups -OCH3 is 1. The van der Waals surface area contributed by atoms with Gasteiger partial charge < -0.3 is 24.6 Å². The largest absolute Gasteiger partial charge is 0.494 e. The number of likely N-dealkylation sites (tertiary alicyclic amines) is 1. The first-order valence-electron chi connectivity index (χ1n) is 15.3. The number of ether oxygens (including phenoxy) is 2. The number of piperidine rings is 2. The third-order valence-electron chi connectivity index (χ3n) is 8.42. The maximum Gasteiger partial charge on any atom is 0.227 e. The van der Waals surface area contributed by atoms with Crippen molar-refractivity contribution in [2.24, 2.45) is 0 Å². The van der Waals surface area contributed by atoms with Crippen molar-refractivity contribution in [2.45, 2.75) is 57.7 Å². The van der Waals surface area contributed by atoms with E-state index in [9.17, 15) is 5.26 Å². The Hall–Kier alpha value is -4.76. The highest BCUT2D eigenvalue weighted by molar-refractivity contribution is 5.70. The number of benzene rings is 2. The SMILES string of the molecule is COc1cc(N2CCC(N3CCCCC3)CC2)ccc1Nc1ncc(-c2ccc(C#N)c(O[C@@H](C)Cn3cnnn3)c2)cn1. The molecule has 2 aromatic heterocycles. The van der Waals surface area contributed by atoms with Crippen LogP contribution in [0.25, 0.3) is 11.1 Å².